The monoisotopic (exact) mass is 124 g/mol. The van der Waals surface area contributed by atoms with Crippen LogP contribution in [0.15, 0.2) is 24.3 Å². The summed E-state index contributed by atoms with van der Waals surface area (Å²) in [4.78, 5) is 0. The molecule has 0 aliphatic carbocycles. The summed E-state index contributed by atoms with van der Waals surface area (Å²) in [6, 6.07) is 0. The van der Waals surface area contributed by atoms with Crippen molar-refractivity contribution in [1.82, 2.24) is 0 Å². The molecule has 0 heterocycles. The van der Waals surface area contributed by atoms with Crippen molar-refractivity contribution in [3.05, 3.63) is 24.3 Å². The van der Waals surface area contributed by atoms with Crippen LogP contribution in [0.5, 0.6) is 0 Å². The molecule has 52 valence electrons. The molecule has 0 rings (SSSR count). The van der Waals surface area contributed by atoms with Gasteiger partial charge >= 0.3 is 0 Å². The third-order valence-corrected chi connectivity index (χ3v) is 1.53. The van der Waals surface area contributed by atoms with Gasteiger partial charge in [0.15, 0.2) is 0 Å². The van der Waals surface area contributed by atoms with Crippen molar-refractivity contribution in [2.45, 2.75) is 33.1 Å². The molecule has 0 fully saturated rings. The first-order chi connectivity index (χ1) is 4.35. The lowest BCUT2D eigenvalue weighted by Gasteiger charge is -1.98. The van der Waals surface area contributed by atoms with Crippen molar-refractivity contribution in [2.75, 3.05) is 0 Å². The van der Waals surface area contributed by atoms with Crippen molar-refractivity contribution >= 4 is 0 Å². The molecule has 0 saturated carbocycles. The maximum absolute atomic E-state index is 3.67. The number of rotatable bonds is 4. The van der Waals surface area contributed by atoms with Gasteiger partial charge in [0.05, 0.1) is 0 Å². The average Bonchev–Trinajstić information content (AvgIpc) is 1.91. The van der Waals surface area contributed by atoms with Crippen LogP contribution < -0.4 is 0 Å². The summed E-state index contributed by atoms with van der Waals surface area (Å²) in [5.41, 5.74) is 1.54. The van der Waals surface area contributed by atoms with Gasteiger partial charge in [-0.1, -0.05) is 24.6 Å². The minimum Gasteiger partial charge on any atom is -0.103 e. The average molecular weight is 124 g/mol. The molecule has 9 heavy (non-hydrogen) atoms. The molecule has 0 saturated heterocycles. The molecule has 0 radical (unpaired) electrons. The zero-order valence-corrected chi connectivity index (χ0v) is 6.48. The quantitative estimate of drug-likeness (QED) is 0.504. The Kier molecular flexibility index (Phi) is 5.29. The number of hydrogen-bond donors (Lipinski definition) is 0. The van der Waals surface area contributed by atoms with Crippen LogP contribution in [0.2, 0.25) is 0 Å². The second-order valence-electron chi connectivity index (χ2n) is 2.13. The van der Waals surface area contributed by atoms with E-state index in [4.69, 9.17) is 0 Å². The Morgan fingerprint density at radius 1 is 1.56 bits per heavy atom. The van der Waals surface area contributed by atoms with Crippen LogP contribution in [0.4, 0.5) is 0 Å². The van der Waals surface area contributed by atoms with Crippen molar-refractivity contribution in [1.29, 1.82) is 0 Å². The summed E-state index contributed by atoms with van der Waals surface area (Å²) in [5, 5.41) is 0. The third-order valence-electron chi connectivity index (χ3n) is 1.53. The predicted molar refractivity (Wildman–Crippen MR) is 43.5 cm³/mol. The van der Waals surface area contributed by atoms with Crippen LogP contribution in [-0.2, 0) is 0 Å². The van der Waals surface area contributed by atoms with Crippen molar-refractivity contribution in [2.24, 2.45) is 0 Å². The third kappa shape index (κ3) is 4.01. The van der Waals surface area contributed by atoms with Gasteiger partial charge in [-0.25, -0.2) is 0 Å². The number of hydrogen-bond acceptors (Lipinski definition) is 0. The summed E-state index contributed by atoms with van der Waals surface area (Å²) >= 11 is 0. The van der Waals surface area contributed by atoms with E-state index in [9.17, 15) is 0 Å². The molecule has 0 unspecified atom stereocenters. The molecule has 0 aromatic heterocycles. The largest absolute Gasteiger partial charge is 0.103 e. The second kappa shape index (κ2) is 5.61. The van der Waals surface area contributed by atoms with E-state index in [1.807, 2.05) is 6.08 Å². The topological polar surface area (TPSA) is 0 Å². The standard InChI is InChI=1S/C9H16/c1-4-7-8-9(5-2)6-3/h4-5H,1,6-8H2,2-3H3/b9-5+. The highest BCUT2D eigenvalue weighted by atomic mass is 13.9. The van der Waals surface area contributed by atoms with E-state index < -0.39 is 0 Å². The smallest absolute Gasteiger partial charge is 0.0286 e. The first-order valence-corrected chi connectivity index (χ1v) is 3.60. The van der Waals surface area contributed by atoms with Gasteiger partial charge in [0.1, 0.15) is 0 Å². The lowest BCUT2D eigenvalue weighted by molar-refractivity contribution is 0.906. The summed E-state index contributed by atoms with van der Waals surface area (Å²) in [7, 11) is 0. The first kappa shape index (κ1) is 8.48. The Balaban J connectivity index is 3.44. The minimum atomic E-state index is 1.12. The van der Waals surface area contributed by atoms with Gasteiger partial charge in [-0.2, -0.15) is 0 Å². The molecule has 0 aromatic rings. The minimum absolute atomic E-state index is 1.12. The molecular formula is C9H16. The molecule has 0 nitrogen and oxygen atoms in total. The van der Waals surface area contributed by atoms with E-state index in [1.165, 1.54) is 18.4 Å². The maximum atomic E-state index is 3.67. The van der Waals surface area contributed by atoms with Crippen LogP contribution in [0.3, 0.4) is 0 Å². The van der Waals surface area contributed by atoms with E-state index >= 15 is 0 Å². The highest BCUT2D eigenvalue weighted by Crippen LogP contribution is 2.08. The van der Waals surface area contributed by atoms with Crippen LogP contribution in [0, 0.1) is 0 Å². The normalized spacial score (nSPS) is 11.6. The Bertz CT molecular complexity index is 98.6. The van der Waals surface area contributed by atoms with E-state index in [-0.39, 0.29) is 0 Å². The molecule has 0 spiro atoms. The summed E-state index contributed by atoms with van der Waals surface area (Å²) in [6.45, 7) is 7.97. The molecule has 0 aliphatic heterocycles. The molecule has 0 atom stereocenters. The van der Waals surface area contributed by atoms with Gasteiger partial charge in [0.2, 0.25) is 0 Å². The van der Waals surface area contributed by atoms with Crippen LogP contribution in [-0.4, -0.2) is 0 Å². The van der Waals surface area contributed by atoms with Crippen molar-refractivity contribution < 1.29 is 0 Å². The fraction of sp³-hybridized carbons (Fsp3) is 0.556. The molecular weight excluding hydrogens is 108 g/mol. The highest BCUT2D eigenvalue weighted by molar-refractivity contribution is 5.00. The lowest BCUT2D eigenvalue weighted by atomic mass is 10.1. The predicted octanol–water partition coefficient (Wildman–Crippen LogP) is 3.31. The van der Waals surface area contributed by atoms with Gasteiger partial charge < -0.3 is 0 Å². The molecule has 0 amide bonds. The Hall–Kier alpha value is -0.520. The highest BCUT2D eigenvalue weighted by Gasteiger charge is 1.87. The Labute approximate surface area is 58.3 Å². The van der Waals surface area contributed by atoms with Gasteiger partial charge in [0.25, 0.3) is 0 Å². The van der Waals surface area contributed by atoms with E-state index in [0.29, 0.717) is 0 Å². The van der Waals surface area contributed by atoms with E-state index in [1.54, 1.807) is 0 Å². The molecule has 0 N–H and O–H groups in total. The van der Waals surface area contributed by atoms with Crippen molar-refractivity contribution in [3.63, 3.8) is 0 Å². The van der Waals surface area contributed by atoms with Crippen molar-refractivity contribution in [3.8, 4) is 0 Å². The van der Waals surface area contributed by atoms with Gasteiger partial charge in [-0.3, -0.25) is 0 Å². The first-order valence-electron chi connectivity index (χ1n) is 3.60. The lowest BCUT2D eigenvalue weighted by Crippen LogP contribution is -1.77. The fourth-order valence-corrected chi connectivity index (χ4v) is 0.813. The van der Waals surface area contributed by atoms with Crippen LogP contribution >= 0.6 is 0 Å². The SMILES string of the molecule is C=CCC/C(=C/C)CC. The number of allylic oxidation sites excluding steroid dienone is 3. The van der Waals surface area contributed by atoms with Crippen LogP contribution in [0.1, 0.15) is 33.1 Å². The zero-order valence-electron chi connectivity index (χ0n) is 6.48. The summed E-state index contributed by atoms with van der Waals surface area (Å²) in [5.74, 6) is 0. The maximum Gasteiger partial charge on any atom is -0.0286 e. The van der Waals surface area contributed by atoms with E-state index in [0.717, 1.165) is 6.42 Å². The van der Waals surface area contributed by atoms with Gasteiger partial charge in [-0.05, 0) is 26.2 Å². The molecule has 0 bridgehead atoms. The summed E-state index contributed by atoms with van der Waals surface area (Å²) < 4.78 is 0. The van der Waals surface area contributed by atoms with Gasteiger partial charge in [-0.15, -0.1) is 6.58 Å². The second-order valence-corrected chi connectivity index (χ2v) is 2.13. The van der Waals surface area contributed by atoms with E-state index in [2.05, 4.69) is 26.5 Å². The Morgan fingerprint density at radius 3 is 2.56 bits per heavy atom. The molecule has 0 aliphatic rings. The molecule has 0 heteroatoms. The zero-order chi connectivity index (χ0) is 7.11. The van der Waals surface area contributed by atoms with Crippen LogP contribution in [0.25, 0.3) is 0 Å². The summed E-state index contributed by atoms with van der Waals surface area (Å²) in [6.07, 6.45) is 7.66. The Morgan fingerprint density at radius 2 is 2.22 bits per heavy atom. The van der Waals surface area contributed by atoms with Gasteiger partial charge in [0, 0.05) is 0 Å². The molecule has 0 aromatic carbocycles. The fourth-order valence-electron chi connectivity index (χ4n) is 0.813.